The Kier molecular flexibility index (Phi) is 1.94. The molecule has 14 heavy (non-hydrogen) atoms. The van der Waals surface area contributed by atoms with Crippen molar-refractivity contribution in [3.8, 4) is 0 Å². The number of carbonyl (C=O) groups is 1. The Balaban J connectivity index is 2.24. The minimum atomic E-state index is -0.355. The molecule has 1 aliphatic carbocycles. The minimum absolute atomic E-state index is 0.0557. The van der Waals surface area contributed by atoms with Gasteiger partial charge in [-0.15, -0.1) is 0 Å². The Bertz CT molecular complexity index is 272. The van der Waals surface area contributed by atoms with Crippen molar-refractivity contribution in [1.82, 2.24) is 0 Å². The molecular weight excluding hydrogens is 180 g/mol. The van der Waals surface area contributed by atoms with Crippen LogP contribution >= 0.6 is 0 Å². The van der Waals surface area contributed by atoms with E-state index in [0.29, 0.717) is 12.8 Å². The zero-order valence-corrected chi connectivity index (χ0v) is 9.04. The van der Waals surface area contributed by atoms with Crippen molar-refractivity contribution >= 4 is 5.97 Å². The summed E-state index contributed by atoms with van der Waals surface area (Å²) >= 11 is 0. The van der Waals surface area contributed by atoms with E-state index in [0.717, 1.165) is 6.42 Å². The second kappa shape index (κ2) is 2.72. The van der Waals surface area contributed by atoms with E-state index in [-0.39, 0.29) is 29.0 Å². The van der Waals surface area contributed by atoms with E-state index in [1.165, 1.54) is 0 Å². The standard InChI is InChI=1S/C11H18O3/c1-10(2)6-11(3)5-9(13)14-8(11)4-7(10)12/h7-8,12H,4-6H2,1-3H3. The lowest BCUT2D eigenvalue weighted by Gasteiger charge is -2.45. The van der Waals surface area contributed by atoms with Gasteiger partial charge >= 0.3 is 5.97 Å². The van der Waals surface area contributed by atoms with Crippen LogP contribution in [-0.2, 0) is 9.53 Å². The summed E-state index contributed by atoms with van der Waals surface area (Å²) in [6.45, 7) is 6.21. The van der Waals surface area contributed by atoms with Crippen molar-refractivity contribution in [2.45, 2.75) is 52.2 Å². The van der Waals surface area contributed by atoms with Gasteiger partial charge in [-0.1, -0.05) is 20.8 Å². The van der Waals surface area contributed by atoms with Crippen molar-refractivity contribution in [3.63, 3.8) is 0 Å². The summed E-state index contributed by atoms with van der Waals surface area (Å²) in [6.07, 6.45) is 1.53. The average molecular weight is 198 g/mol. The zero-order chi connectivity index (χ0) is 10.6. The van der Waals surface area contributed by atoms with Crippen LogP contribution in [0.15, 0.2) is 0 Å². The van der Waals surface area contributed by atoms with Gasteiger partial charge in [0.2, 0.25) is 0 Å². The topological polar surface area (TPSA) is 46.5 Å². The molecule has 0 bridgehead atoms. The maximum atomic E-state index is 11.2. The van der Waals surface area contributed by atoms with Crippen molar-refractivity contribution in [2.24, 2.45) is 10.8 Å². The first kappa shape index (κ1) is 9.97. The first-order valence-electron chi connectivity index (χ1n) is 5.21. The van der Waals surface area contributed by atoms with Gasteiger partial charge in [0.15, 0.2) is 0 Å². The van der Waals surface area contributed by atoms with E-state index in [9.17, 15) is 9.90 Å². The van der Waals surface area contributed by atoms with Crippen LogP contribution in [0.1, 0.15) is 40.0 Å². The Morgan fingerprint density at radius 2 is 2.07 bits per heavy atom. The summed E-state index contributed by atoms with van der Waals surface area (Å²) in [5.41, 5.74) is -0.154. The molecule has 2 aliphatic rings. The third-order valence-corrected chi connectivity index (χ3v) is 3.80. The fraction of sp³-hybridized carbons (Fsp3) is 0.909. The quantitative estimate of drug-likeness (QED) is 0.600. The highest BCUT2D eigenvalue weighted by atomic mass is 16.6. The highest BCUT2D eigenvalue weighted by molar-refractivity contribution is 5.73. The molecule has 1 aliphatic heterocycles. The van der Waals surface area contributed by atoms with Crippen LogP contribution in [0.2, 0.25) is 0 Å². The lowest BCUT2D eigenvalue weighted by atomic mass is 9.61. The molecule has 0 spiro atoms. The first-order valence-corrected chi connectivity index (χ1v) is 5.21. The number of fused-ring (bicyclic) bond motifs is 1. The van der Waals surface area contributed by atoms with Gasteiger partial charge in [-0.25, -0.2) is 0 Å². The molecule has 1 heterocycles. The molecule has 0 aromatic rings. The van der Waals surface area contributed by atoms with Crippen molar-refractivity contribution in [2.75, 3.05) is 0 Å². The van der Waals surface area contributed by atoms with Crippen molar-refractivity contribution in [3.05, 3.63) is 0 Å². The summed E-state index contributed by atoms with van der Waals surface area (Å²) in [4.78, 5) is 11.2. The van der Waals surface area contributed by atoms with Crippen LogP contribution in [0.25, 0.3) is 0 Å². The van der Waals surface area contributed by atoms with Gasteiger partial charge in [-0.05, 0) is 11.8 Å². The third kappa shape index (κ3) is 1.34. The first-order chi connectivity index (χ1) is 6.33. The summed E-state index contributed by atoms with van der Waals surface area (Å²) in [5.74, 6) is -0.109. The van der Waals surface area contributed by atoms with Crippen LogP contribution in [0.3, 0.4) is 0 Å². The summed E-state index contributed by atoms with van der Waals surface area (Å²) in [7, 11) is 0. The molecule has 2 rings (SSSR count). The summed E-state index contributed by atoms with van der Waals surface area (Å²) in [5, 5.41) is 9.89. The second-order valence-corrected chi connectivity index (χ2v) is 5.73. The predicted octanol–water partition coefficient (Wildman–Crippen LogP) is 1.49. The molecule has 0 aromatic carbocycles. The monoisotopic (exact) mass is 198 g/mol. The maximum Gasteiger partial charge on any atom is 0.306 e. The molecule has 3 unspecified atom stereocenters. The maximum absolute atomic E-state index is 11.2. The lowest BCUT2D eigenvalue weighted by Crippen LogP contribution is -2.47. The molecule has 1 saturated carbocycles. The van der Waals surface area contributed by atoms with Gasteiger partial charge in [0, 0.05) is 11.8 Å². The number of hydrogen-bond acceptors (Lipinski definition) is 3. The number of esters is 1. The summed E-state index contributed by atoms with van der Waals surface area (Å²) < 4.78 is 5.23. The Morgan fingerprint density at radius 3 is 2.71 bits per heavy atom. The van der Waals surface area contributed by atoms with Gasteiger partial charge < -0.3 is 9.84 Å². The van der Waals surface area contributed by atoms with Crippen molar-refractivity contribution < 1.29 is 14.6 Å². The molecular formula is C11H18O3. The van der Waals surface area contributed by atoms with E-state index in [1.54, 1.807) is 0 Å². The smallest absolute Gasteiger partial charge is 0.306 e. The summed E-state index contributed by atoms with van der Waals surface area (Å²) in [6, 6.07) is 0. The van der Waals surface area contributed by atoms with Crippen LogP contribution in [0.5, 0.6) is 0 Å². The van der Waals surface area contributed by atoms with E-state index in [2.05, 4.69) is 20.8 Å². The van der Waals surface area contributed by atoms with E-state index < -0.39 is 0 Å². The Morgan fingerprint density at radius 1 is 1.43 bits per heavy atom. The Hall–Kier alpha value is -0.570. The highest BCUT2D eigenvalue weighted by Gasteiger charge is 2.54. The van der Waals surface area contributed by atoms with Gasteiger partial charge in [-0.2, -0.15) is 0 Å². The van der Waals surface area contributed by atoms with Crippen LogP contribution < -0.4 is 0 Å². The number of aliphatic hydroxyl groups excluding tert-OH is 1. The van der Waals surface area contributed by atoms with E-state index >= 15 is 0 Å². The molecule has 1 saturated heterocycles. The van der Waals surface area contributed by atoms with Gasteiger partial charge in [-0.3, -0.25) is 4.79 Å². The third-order valence-electron chi connectivity index (χ3n) is 3.80. The number of hydrogen-bond donors (Lipinski definition) is 1. The predicted molar refractivity (Wildman–Crippen MR) is 51.6 cm³/mol. The number of ether oxygens (including phenoxy) is 1. The minimum Gasteiger partial charge on any atom is -0.462 e. The fourth-order valence-electron chi connectivity index (χ4n) is 2.98. The second-order valence-electron chi connectivity index (χ2n) is 5.73. The molecule has 3 heteroatoms. The average Bonchev–Trinajstić information content (AvgIpc) is 2.23. The van der Waals surface area contributed by atoms with E-state index in [1.807, 2.05) is 0 Å². The number of carbonyl (C=O) groups excluding carboxylic acids is 1. The molecule has 3 atom stereocenters. The van der Waals surface area contributed by atoms with Crippen LogP contribution in [0, 0.1) is 10.8 Å². The molecule has 2 fully saturated rings. The largest absolute Gasteiger partial charge is 0.462 e. The van der Waals surface area contributed by atoms with Crippen LogP contribution in [0.4, 0.5) is 0 Å². The number of aliphatic hydroxyl groups is 1. The van der Waals surface area contributed by atoms with Crippen LogP contribution in [-0.4, -0.2) is 23.3 Å². The van der Waals surface area contributed by atoms with Gasteiger partial charge in [0.1, 0.15) is 6.10 Å². The number of rotatable bonds is 0. The van der Waals surface area contributed by atoms with Gasteiger partial charge in [0.25, 0.3) is 0 Å². The fourth-order valence-corrected chi connectivity index (χ4v) is 2.98. The Labute approximate surface area is 84.4 Å². The molecule has 0 aromatic heterocycles. The highest BCUT2D eigenvalue weighted by Crippen LogP contribution is 2.52. The normalized spacial score (nSPS) is 45.9. The molecule has 0 amide bonds. The molecule has 80 valence electrons. The van der Waals surface area contributed by atoms with E-state index in [4.69, 9.17) is 4.74 Å². The lowest BCUT2D eigenvalue weighted by molar-refractivity contribution is -0.146. The van der Waals surface area contributed by atoms with Crippen molar-refractivity contribution in [1.29, 1.82) is 0 Å². The molecule has 1 N–H and O–H groups in total. The SMILES string of the molecule is CC1(C)CC2(C)CC(=O)OC2CC1O. The van der Waals surface area contributed by atoms with Gasteiger partial charge in [0.05, 0.1) is 12.5 Å². The molecule has 3 nitrogen and oxygen atoms in total. The zero-order valence-electron chi connectivity index (χ0n) is 9.04. The molecule has 0 radical (unpaired) electrons.